The molecule has 4 aromatic rings. The number of aromatic hydroxyl groups is 2. The van der Waals surface area contributed by atoms with E-state index in [1.807, 2.05) is 24.3 Å². The predicted molar refractivity (Wildman–Crippen MR) is 196 cm³/mol. The molecule has 0 radical (unpaired) electrons. The van der Waals surface area contributed by atoms with Crippen molar-refractivity contribution in [3.05, 3.63) is 119 Å². The number of methoxy groups -OCH3 is 2. The molecule has 4 aromatic carbocycles. The lowest BCUT2D eigenvalue weighted by molar-refractivity contribution is -0.151. The average molecular weight is 685 g/mol. The Bertz CT molecular complexity index is 1800. The van der Waals surface area contributed by atoms with Crippen LogP contribution >= 0.6 is 0 Å². The number of phenolic OH excluding ortho intramolecular Hbond substituents is 2. The Morgan fingerprint density at radius 1 is 0.588 bits per heavy atom. The summed E-state index contributed by atoms with van der Waals surface area (Å²) in [5.41, 5.74) is 3.12. The topological polar surface area (TPSA) is 82.5 Å². The van der Waals surface area contributed by atoms with Gasteiger partial charge >= 0.3 is 0 Å². The van der Waals surface area contributed by atoms with Crippen LogP contribution in [0.2, 0.25) is 0 Å². The number of carbonyl (C=O) groups excluding carboxylic acids is 1. The third-order valence-corrected chi connectivity index (χ3v) is 13.6. The fourth-order valence-corrected chi connectivity index (χ4v) is 12.1. The van der Waals surface area contributed by atoms with E-state index in [4.69, 9.17) is 9.47 Å². The van der Waals surface area contributed by atoms with Crippen LogP contribution in [0.3, 0.4) is 0 Å². The smallest absolute Gasteiger partial charge is 0.160 e. The summed E-state index contributed by atoms with van der Waals surface area (Å²) in [7, 11) is 3.20. The van der Waals surface area contributed by atoms with Gasteiger partial charge < -0.3 is 19.7 Å². The second kappa shape index (κ2) is 12.4. The molecule has 0 amide bonds. The summed E-state index contributed by atoms with van der Waals surface area (Å²) in [5, 5.41) is 21.5. The molecule has 5 aliphatic rings. The molecule has 8 unspecified atom stereocenters. The number of phenols is 2. The number of carbonyl (C=O) groups is 1. The van der Waals surface area contributed by atoms with E-state index in [1.54, 1.807) is 26.4 Å². The molecule has 1 aliphatic carbocycles. The van der Waals surface area contributed by atoms with Crippen molar-refractivity contribution < 1.29 is 24.5 Å². The Labute approximate surface area is 300 Å². The summed E-state index contributed by atoms with van der Waals surface area (Å²) in [4.78, 5) is 22.3. The Morgan fingerprint density at radius 3 is 1.61 bits per heavy atom. The van der Waals surface area contributed by atoms with Crippen molar-refractivity contribution in [3.63, 3.8) is 0 Å². The SMILES string of the molecule is COc1cc(C2C3CCCN3C(c3ccccc3)C23CCCC2(C3=O)C(c3ccccc3)C3CCCN3C2c2ccc(O)c(OC)c2)ccc1O. The zero-order valence-corrected chi connectivity index (χ0v) is 29.6. The number of hydrogen-bond donors (Lipinski definition) is 2. The maximum Gasteiger partial charge on any atom is 0.160 e. The summed E-state index contributed by atoms with van der Waals surface area (Å²) in [6, 6.07) is 33.4. The molecular formula is C44H48N2O5. The lowest BCUT2D eigenvalue weighted by Gasteiger charge is -2.54. The maximum absolute atomic E-state index is 17.0. The summed E-state index contributed by atoms with van der Waals surface area (Å²) < 4.78 is 11.4. The standard InChI is InChI=1S/C44H48N2O5/c1-50-36-26-30(18-20-34(36)47)39-33-17-10-24-45(33)40(29-14-7-4-8-15-29)44(39)23-11-22-43(42(44)49)38(28-12-5-3-6-13-28)32-16-9-25-46(32)41(43)31-19-21-35(48)37(27-31)51-2/h3-8,12-15,18-21,26-27,32-33,38-41,47-48H,9-11,16-17,22-25H2,1-2H3. The minimum absolute atomic E-state index is 0.0116. The van der Waals surface area contributed by atoms with Crippen molar-refractivity contribution in [2.75, 3.05) is 27.3 Å². The maximum atomic E-state index is 17.0. The molecule has 2 N–H and O–H groups in total. The Morgan fingerprint density at radius 2 is 1.06 bits per heavy atom. The molecule has 5 fully saturated rings. The van der Waals surface area contributed by atoms with Crippen molar-refractivity contribution in [1.29, 1.82) is 0 Å². The Kier molecular flexibility index (Phi) is 7.93. The van der Waals surface area contributed by atoms with Gasteiger partial charge in [-0.2, -0.15) is 0 Å². The van der Waals surface area contributed by atoms with Gasteiger partial charge in [0.1, 0.15) is 5.78 Å². The molecule has 2 spiro atoms. The van der Waals surface area contributed by atoms with Crippen LogP contribution in [0.1, 0.15) is 91.1 Å². The molecule has 4 heterocycles. The van der Waals surface area contributed by atoms with Gasteiger partial charge in [0.2, 0.25) is 0 Å². The molecule has 7 heteroatoms. The number of Topliss-reactive ketones (excluding diaryl/α,β-unsaturated/α-hetero) is 1. The number of ether oxygens (including phenoxy) is 2. The molecule has 9 rings (SSSR count). The normalized spacial score (nSPS) is 33.2. The first kappa shape index (κ1) is 32.6. The Balaban J connectivity index is 1.33. The van der Waals surface area contributed by atoms with E-state index in [1.165, 1.54) is 11.1 Å². The van der Waals surface area contributed by atoms with Crippen LogP contribution in [0.5, 0.6) is 23.0 Å². The minimum atomic E-state index is -0.723. The number of fused-ring (bicyclic) bond motifs is 2. The van der Waals surface area contributed by atoms with E-state index < -0.39 is 10.8 Å². The van der Waals surface area contributed by atoms with Crippen LogP contribution in [-0.2, 0) is 4.79 Å². The first-order valence-electron chi connectivity index (χ1n) is 18.8. The Hall–Kier alpha value is -4.33. The van der Waals surface area contributed by atoms with Gasteiger partial charge in [-0.25, -0.2) is 0 Å². The predicted octanol–water partition coefficient (Wildman–Crippen LogP) is 8.15. The molecule has 1 saturated carbocycles. The monoisotopic (exact) mass is 684 g/mol. The van der Waals surface area contributed by atoms with Gasteiger partial charge in [0.05, 0.1) is 25.0 Å². The minimum Gasteiger partial charge on any atom is -0.504 e. The van der Waals surface area contributed by atoms with Gasteiger partial charge in [-0.05, 0) is 98.1 Å². The van der Waals surface area contributed by atoms with Crippen LogP contribution in [0, 0.1) is 10.8 Å². The number of hydrogen-bond acceptors (Lipinski definition) is 7. The number of nitrogens with zero attached hydrogens (tertiary/aromatic N) is 2. The van der Waals surface area contributed by atoms with Crippen LogP contribution < -0.4 is 9.47 Å². The van der Waals surface area contributed by atoms with E-state index >= 15 is 4.79 Å². The third-order valence-electron chi connectivity index (χ3n) is 13.6. The number of benzene rings is 4. The molecule has 51 heavy (non-hydrogen) atoms. The molecular weight excluding hydrogens is 636 g/mol. The van der Waals surface area contributed by atoms with Crippen molar-refractivity contribution >= 4 is 5.78 Å². The van der Waals surface area contributed by atoms with Crippen molar-refractivity contribution in [2.45, 2.75) is 80.9 Å². The fourth-order valence-electron chi connectivity index (χ4n) is 12.1. The van der Waals surface area contributed by atoms with Crippen LogP contribution in [0.25, 0.3) is 0 Å². The lowest BCUT2D eigenvalue weighted by atomic mass is 9.47. The van der Waals surface area contributed by atoms with Gasteiger partial charge in [0.25, 0.3) is 0 Å². The van der Waals surface area contributed by atoms with E-state index in [0.717, 1.165) is 69.2 Å². The van der Waals surface area contributed by atoms with E-state index in [-0.39, 0.29) is 47.5 Å². The van der Waals surface area contributed by atoms with Gasteiger partial charge in [-0.1, -0.05) is 79.2 Å². The quantitative estimate of drug-likeness (QED) is 0.212. The van der Waals surface area contributed by atoms with Gasteiger partial charge in [0.15, 0.2) is 23.0 Å². The highest BCUT2D eigenvalue weighted by Crippen LogP contribution is 2.73. The van der Waals surface area contributed by atoms with Crippen LogP contribution in [-0.4, -0.2) is 65.2 Å². The summed E-state index contributed by atoms with van der Waals surface area (Å²) in [6.07, 6.45) is 6.77. The third kappa shape index (κ3) is 4.60. The van der Waals surface area contributed by atoms with E-state index in [0.29, 0.717) is 17.3 Å². The second-order valence-corrected chi connectivity index (χ2v) is 15.6. The first-order chi connectivity index (χ1) is 24.9. The molecule has 7 nitrogen and oxygen atoms in total. The van der Waals surface area contributed by atoms with Crippen molar-refractivity contribution in [3.8, 4) is 23.0 Å². The first-order valence-corrected chi connectivity index (χ1v) is 18.8. The van der Waals surface area contributed by atoms with E-state index in [2.05, 4.69) is 70.5 Å². The van der Waals surface area contributed by atoms with Crippen LogP contribution in [0.4, 0.5) is 0 Å². The van der Waals surface area contributed by atoms with E-state index in [9.17, 15) is 10.2 Å². The summed E-state index contributed by atoms with van der Waals surface area (Å²) in [6.45, 7) is 1.88. The van der Waals surface area contributed by atoms with Crippen molar-refractivity contribution in [2.24, 2.45) is 10.8 Å². The number of rotatable bonds is 6. The number of ketones is 1. The molecule has 4 aliphatic heterocycles. The lowest BCUT2D eigenvalue weighted by Crippen LogP contribution is -2.56. The van der Waals surface area contributed by atoms with Gasteiger partial charge in [-0.15, -0.1) is 0 Å². The fraction of sp³-hybridized carbons (Fsp3) is 0.432. The van der Waals surface area contributed by atoms with Crippen molar-refractivity contribution in [1.82, 2.24) is 9.80 Å². The second-order valence-electron chi connectivity index (χ2n) is 15.6. The van der Waals surface area contributed by atoms with Gasteiger partial charge in [-0.3, -0.25) is 14.6 Å². The highest BCUT2D eigenvalue weighted by molar-refractivity contribution is 5.96. The van der Waals surface area contributed by atoms with Crippen LogP contribution in [0.15, 0.2) is 97.1 Å². The molecule has 264 valence electrons. The zero-order chi connectivity index (χ0) is 34.9. The molecule has 0 bridgehead atoms. The summed E-state index contributed by atoms with van der Waals surface area (Å²) >= 11 is 0. The zero-order valence-electron chi connectivity index (χ0n) is 29.6. The van der Waals surface area contributed by atoms with Gasteiger partial charge in [0, 0.05) is 36.0 Å². The molecule has 4 saturated heterocycles. The average Bonchev–Trinajstić information content (AvgIpc) is 3.93. The molecule has 0 aromatic heterocycles. The highest BCUT2D eigenvalue weighted by Gasteiger charge is 2.74. The summed E-state index contributed by atoms with van der Waals surface area (Å²) in [5.74, 6) is 1.43. The highest BCUT2D eigenvalue weighted by atomic mass is 16.5. The molecule has 8 atom stereocenters. The largest absolute Gasteiger partial charge is 0.504 e.